The molecule has 0 amide bonds. The summed E-state index contributed by atoms with van der Waals surface area (Å²) in [5.74, 6) is 0. The van der Waals surface area contributed by atoms with Gasteiger partial charge in [-0.25, -0.2) is 0 Å². The van der Waals surface area contributed by atoms with Crippen molar-refractivity contribution >= 4 is 16.6 Å². The van der Waals surface area contributed by atoms with E-state index in [0.717, 1.165) is 29.4 Å². The number of anilines is 1. The van der Waals surface area contributed by atoms with E-state index in [0.29, 0.717) is 0 Å². The topological polar surface area (TPSA) is 38.9 Å². The van der Waals surface area contributed by atoms with Crippen LogP contribution in [-0.4, -0.2) is 4.98 Å². The van der Waals surface area contributed by atoms with E-state index in [1.165, 1.54) is 41.6 Å². The van der Waals surface area contributed by atoms with Crippen LogP contribution in [-0.2, 0) is 12.8 Å². The lowest BCUT2D eigenvalue weighted by Crippen LogP contribution is -2.04. The zero-order valence-corrected chi connectivity index (χ0v) is 11.2. The number of hydrogen-bond donors (Lipinski definition) is 1. The number of fused-ring (bicyclic) bond motifs is 2. The fraction of sp³-hybridized carbons (Fsp3) is 0.438. The van der Waals surface area contributed by atoms with Gasteiger partial charge in [0.25, 0.3) is 0 Å². The van der Waals surface area contributed by atoms with E-state index < -0.39 is 0 Å². The molecule has 2 heteroatoms. The third kappa shape index (κ3) is 1.67. The molecule has 2 nitrogen and oxygen atoms in total. The van der Waals surface area contributed by atoms with Crippen molar-refractivity contribution in [3.05, 3.63) is 34.5 Å². The molecule has 0 aliphatic heterocycles. The van der Waals surface area contributed by atoms with E-state index >= 15 is 0 Å². The molecule has 0 unspecified atom stereocenters. The van der Waals surface area contributed by atoms with Gasteiger partial charge < -0.3 is 5.73 Å². The average molecular weight is 240 g/mol. The Bertz CT molecular complexity index is 614. The molecule has 18 heavy (non-hydrogen) atoms. The lowest BCUT2D eigenvalue weighted by molar-refractivity contribution is 0.709. The molecule has 0 atom stereocenters. The molecule has 2 aromatic rings. The zero-order chi connectivity index (χ0) is 12.7. The summed E-state index contributed by atoms with van der Waals surface area (Å²) in [6.07, 6.45) is 5.97. The minimum absolute atomic E-state index is 0.972. The number of hydrogen-bond acceptors (Lipinski definition) is 2. The molecule has 1 aromatic carbocycles. The van der Waals surface area contributed by atoms with Crippen LogP contribution < -0.4 is 5.73 Å². The van der Waals surface area contributed by atoms with Crippen molar-refractivity contribution in [2.45, 2.75) is 46.0 Å². The quantitative estimate of drug-likeness (QED) is 0.713. The first-order valence-electron chi connectivity index (χ1n) is 6.85. The van der Waals surface area contributed by atoms with Crippen LogP contribution in [0.1, 0.15) is 41.6 Å². The second-order valence-electron chi connectivity index (χ2n) is 5.42. The van der Waals surface area contributed by atoms with Crippen molar-refractivity contribution < 1.29 is 0 Å². The van der Waals surface area contributed by atoms with E-state index in [4.69, 9.17) is 10.7 Å². The Kier molecular flexibility index (Phi) is 2.73. The van der Waals surface area contributed by atoms with Gasteiger partial charge in [0.15, 0.2) is 0 Å². The number of aromatic nitrogens is 1. The molecule has 3 rings (SSSR count). The highest BCUT2D eigenvalue weighted by Gasteiger charge is 2.16. The van der Waals surface area contributed by atoms with Crippen LogP contribution in [0.25, 0.3) is 10.9 Å². The Hall–Kier alpha value is -1.57. The molecular formula is C16H20N2. The van der Waals surface area contributed by atoms with Gasteiger partial charge in [0.05, 0.1) is 5.52 Å². The Morgan fingerprint density at radius 2 is 1.83 bits per heavy atom. The lowest BCUT2D eigenvalue weighted by atomic mass is 9.98. The van der Waals surface area contributed by atoms with Crippen molar-refractivity contribution in [2.24, 2.45) is 0 Å². The molecular weight excluding hydrogens is 220 g/mol. The van der Waals surface area contributed by atoms with E-state index in [2.05, 4.69) is 26.0 Å². The standard InChI is InChI=1S/C16H20N2/c1-10-8-9-13-15(17)12-6-4-3-5-7-14(12)18-16(13)11(10)2/h8-9H,3-7H2,1-2H3,(H2,17,18). The average Bonchev–Trinajstić information content (AvgIpc) is 2.60. The maximum atomic E-state index is 6.39. The normalized spacial score (nSPS) is 15.4. The van der Waals surface area contributed by atoms with Crippen LogP contribution in [0.2, 0.25) is 0 Å². The highest BCUT2D eigenvalue weighted by Crippen LogP contribution is 2.32. The number of nitrogen functional groups attached to an aromatic ring is 1. The molecule has 94 valence electrons. The van der Waals surface area contributed by atoms with Gasteiger partial charge in [-0.1, -0.05) is 18.6 Å². The fourth-order valence-electron chi connectivity index (χ4n) is 2.94. The van der Waals surface area contributed by atoms with E-state index in [9.17, 15) is 0 Å². The highest BCUT2D eigenvalue weighted by molar-refractivity contribution is 5.94. The van der Waals surface area contributed by atoms with Crippen molar-refractivity contribution in [3.63, 3.8) is 0 Å². The molecule has 1 aliphatic rings. The highest BCUT2D eigenvalue weighted by atomic mass is 14.7. The fourth-order valence-corrected chi connectivity index (χ4v) is 2.94. The number of nitrogens with two attached hydrogens (primary N) is 1. The first kappa shape index (κ1) is 11.5. The van der Waals surface area contributed by atoms with E-state index in [-0.39, 0.29) is 0 Å². The first-order valence-corrected chi connectivity index (χ1v) is 6.85. The second kappa shape index (κ2) is 4.27. The molecule has 0 spiro atoms. The van der Waals surface area contributed by atoms with Gasteiger partial charge in [0, 0.05) is 16.8 Å². The summed E-state index contributed by atoms with van der Waals surface area (Å²) in [7, 11) is 0. The van der Waals surface area contributed by atoms with Gasteiger partial charge in [-0.05, 0) is 56.2 Å². The molecule has 1 heterocycles. The van der Waals surface area contributed by atoms with Crippen LogP contribution in [0.15, 0.2) is 12.1 Å². The van der Waals surface area contributed by atoms with Gasteiger partial charge >= 0.3 is 0 Å². The summed E-state index contributed by atoms with van der Waals surface area (Å²) >= 11 is 0. The SMILES string of the molecule is Cc1ccc2c(N)c3c(nc2c1C)CCCCC3. The van der Waals surface area contributed by atoms with Crippen LogP contribution in [0.4, 0.5) is 5.69 Å². The molecule has 0 fully saturated rings. The maximum absolute atomic E-state index is 6.39. The van der Waals surface area contributed by atoms with Crippen molar-refractivity contribution in [1.82, 2.24) is 4.98 Å². The molecule has 0 saturated carbocycles. The zero-order valence-electron chi connectivity index (χ0n) is 11.2. The van der Waals surface area contributed by atoms with Crippen LogP contribution in [0, 0.1) is 13.8 Å². The smallest absolute Gasteiger partial charge is 0.0757 e. The van der Waals surface area contributed by atoms with Crippen molar-refractivity contribution in [2.75, 3.05) is 5.73 Å². The number of pyridine rings is 1. The Balaban J connectivity index is 2.34. The van der Waals surface area contributed by atoms with Gasteiger partial charge in [0.1, 0.15) is 0 Å². The van der Waals surface area contributed by atoms with Gasteiger partial charge in [-0.15, -0.1) is 0 Å². The van der Waals surface area contributed by atoms with Crippen molar-refractivity contribution in [1.29, 1.82) is 0 Å². The monoisotopic (exact) mass is 240 g/mol. The van der Waals surface area contributed by atoms with Crippen molar-refractivity contribution in [3.8, 4) is 0 Å². The predicted molar refractivity (Wildman–Crippen MR) is 76.9 cm³/mol. The molecule has 0 radical (unpaired) electrons. The molecule has 1 aromatic heterocycles. The van der Waals surface area contributed by atoms with Crippen LogP contribution in [0.3, 0.4) is 0 Å². The Morgan fingerprint density at radius 1 is 1.06 bits per heavy atom. The maximum Gasteiger partial charge on any atom is 0.0757 e. The number of aryl methyl sites for hydroxylation is 3. The molecule has 0 saturated heterocycles. The first-order chi connectivity index (χ1) is 8.68. The summed E-state index contributed by atoms with van der Waals surface area (Å²) < 4.78 is 0. The minimum Gasteiger partial charge on any atom is -0.398 e. The predicted octanol–water partition coefficient (Wildman–Crippen LogP) is 3.70. The summed E-state index contributed by atoms with van der Waals surface area (Å²) in [5, 5.41) is 1.14. The molecule has 0 bridgehead atoms. The lowest BCUT2D eigenvalue weighted by Gasteiger charge is -2.14. The number of nitrogens with zero attached hydrogens (tertiary/aromatic N) is 1. The second-order valence-corrected chi connectivity index (χ2v) is 5.42. The Labute approximate surface area is 108 Å². The molecule has 2 N–H and O–H groups in total. The summed E-state index contributed by atoms with van der Waals surface area (Å²) in [6, 6.07) is 4.28. The summed E-state index contributed by atoms with van der Waals surface area (Å²) in [4.78, 5) is 4.92. The Morgan fingerprint density at radius 3 is 2.67 bits per heavy atom. The van der Waals surface area contributed by atoms with Gasteiger partial charge in [0.2, 0.25) is 0 Å². The minimum atomic E-state index is 0.972. The van der Waals surface area contributed by atoms with Crippen LogP contribution >= 0.6 is 0 Å². The third-order valence-corrected chi connectivity index (χ3v) is 4.25. The summed E-state index contributed by atoms with van der Waals surface area (Å²) in [5.41, 5.74) is 13.6. The van der Waals surface area contributed by atoms with Gasteiger partial charge in [-0.3, -0.25) is 4.98 Å². The third-order valence-electron chi connectivity index (χ3n) is 4.25. The van der Waals surface area contributed by atoms with Gasteiger partial charge in [-0.2, -0.15) is 0 Å². The number of rotatable bonds is 0. The molecule has 1 aliphatic carbocycles. The summed E-state index contributed by atoms with van der Waals surface area (Å²) in [6.45, 7) is 4.28. The largest absolute Gasteiger partial charge is 0.398 e. The van der Waals surface area contributed by atoms with E-state index in [1.807, 2.05) is 0 Å². The number of benzene rings is 1. The van der Waals surface area contributed by atoms with Crippen LogP contribution in [0.5, 0.6) is 0 Å². The van der Waals surface area contributed by atoms with E-state index in [1.54, 1.807) is 0 Å².